The quantitative estimate of drug-likeness (QED) is 0.784. The Bertz CT molecular complexity index is 485. The summed E-state index contributed by atoms with van der Waals surface area (Å²) in [5.41, 5.74) is 7.79. The van der Waals surface area contributed by atoms with Gasteiger partial charge in [-0.2, -0.15) is 0 Å². The number of hydrogen-bond acceptors (Lipinski definition) is 2. The summed E-state index contributed by atoms with van der Waals surface area (Å²) < 4.78 is 0. The minimum Gasteiger partial charge on any atom is -0.398 e. The molecular formula is C13H12ClNO. The van der Waals surface area contributed by atoms with Gasteiger partial charge in [-0.25, -0.2) is 0 Å². The van der Waals surface area contributed by atoms with Gasteiger partial charge in [0.05, 0.1) is 0 Å². The number of aliphatic hydroxyl groups excluding tert-OH is 1. The van der Waals surface area contributed by atoms with Crippen LogP contribution in [0.4, 0.5) is 5.69 Å². The van der Waals surface area contributed by atoms with E-state index in [4.69, 9.17) is 17.3 Å². The van der Waals surface area contributed by atoms with Crippen LogP contribution in [0.2, 0.25) is 5.02 Å². The highest BCUT2D eigenvalue weighted by Crippen LogP contribution is 2.28. The molecular weight excluding hydrogens is 222 g/mol. The van der Waals surface area contributed by atoms with E-state index in [2.05, 4.69) is 0 Å². The van der Waals surface area contributed by atoms with Crippen molar-refractivity contribution in [1.29, 1.82) is 0 Å². The molecule has 0 aliphatic heterocycles. The topological polar surface area (TPSA) is 46.2 Å². The van der Waals surface area contributed by atoms with Gasteiger partial charge in [0, 0.05) is 16.3 Å². The predicted molar refractivity (Wildman–Crippen MR) is 66.4 cm³/mol. The van der Waals surface area contributed by atoms with Crippen molar-refractivity contribution in [2.45, 2.75) is 6.10 Å². The van der Waals surface area contributed by atoms with Crippen molar-refractivity contribution in [3.05, 3.63) is 64.7 Å². The lowest BCUT2D eigenvalue weighted by molar-refractivity contribution is 0.221. The summed E-state index contributed by atoms with van der Waals surface area (Å²) in [6.45, 7) is 0. The third-order valence-corrected chi connectivity index (χ3v) is 2.69. The first-order valence-corrected chi connectivity index (χ1v) is 5.34. The normalized spacial score (nSPS) is 12.4. The number of rotatable bonds is 2. The fraction of sp³-hybridized carbons (Fsp3) is 0.0769. The van der Waals surface area contributed by atoms with Gasteiger partial charge in [-0.05, 0) is 23.8 Å². The van der Waals surface area contributed by atoms with Crippen molar-refractivity contribution in [3.63, 3.8) is 0 Å². The Morgan fingerprint density at radius 2 is 1.75 bits per heavy atom. The van der Waals surface area contributed by atoms with Crippen molar-refractivity contribution in [2.75, 3.05) is 5.73 Å². The Morgan fingerprint density at radius 1 is 1.06 bits per heavy atom. The minimum atomic E-state index is -0.736. The van der Waals surface area contributed by atoms with Crippen molar-refractivity contribution in [1.82, 2.24) is 0 Å². The molecule has 2 aromatic carbocycles. The van der Waals surface area contributed by atoms with Crippen LogP contribution in [-0.2, 0) is 0 Å². The highest BCUT2D eigenvalue weighted by atomic mass is 35.5. The number of nitrogens with two attached hydrogens (primary N) is 1. The van der Waals surface area contributed by atoms with E-state index in [1.807, 2.05) is 30.3 Å². The van der Waals surface area contributed by atoms with Crippen LogP contribution in [0, 0.1) is 0 Å². The number of hydrogen-bond donors (Lipinski definition) is 2. The van der Waals surface area contributed by atoms with E-state index in [1.54, 1.807) is 18.2 Å². The maximum absolute atomic E-state index is 10.2. The molecule has 0 aromatic heterocycles. The molecule has 0 saturated heterocycles. The van der Waals surface area contributed by atoms with E-state index in [-0.39, 0.29) is 0 Å². The predicted octanol–water partition coefficient (Wildman–Crippen LogP) is 3.00. The van der Waals surface area contributed by atoms with Crippen LogP contribution < -0.4 is 5.73 Å². The Balaban J connectivity index is 2.41. The third-order valence-electron chi connectivity index (χ3n) is 2.46. The van der Waals surface area contributed by atoms with E-state index in [1.165, 1.54) is 0 Å². The molecule has 1 atom stereocenters. The average molecular weight is 234 g/mol. The molecule has 0 radical (unpaired) electrons. The van der Waals surface area contributed by atoms with Crippen molar-refractivity contribution in [3.8, 4) is 0 Å². The molecule has 0 aliphatic rings. The standard InChI is InChI=1S/C13H12ClNO/c14-10-6-7-12(15)11(8-10)13(16)9-4-2-1-3-5-9/h1-8,13,16H,15H2/t13-/m1/s1. The molecule has 3 heteroatoms. The Labute approximate surface area is 99.3 Å². The van der Waals surface area contributed by atoms with Gasteiger partial charge >= 0.3 is 0 Å². The van der Waals surface area contributed by atoms with Crippen LogP contribution in [-0.4, -0.2) is 5.11 Å². The molecule has 3 N–H and O–H groups in total. The van der Waals surface area contributed by atoms with Gasteiger partial charge in [-0.1, -0.05) is 41.9 Å². The van der Waals surface area contributed by atoms with Crippen LogP contribution in [0.1, 0.15) is 17.2 Å². The fourth-order valence-electron chi connectivity index (χ4n) is 1.60. The van der Waals surface area contributed by atoms with Gasteiger partial charge in [0.2, 0.25) is 0 Å². The van der Waals surface area contributed by atoms with Gasteiger partial charge in [-0.3, -0.25) is 0 Å². The highest BCUT2D eigenvalue weighted by Gasteiger charge is 2.13. The molecule has 2 aromatic rings. The van der Waals surface area contributed by atoms with Crippen LogP contribution in [0.3, 0.4) is 0 Å². The third kappa shape index (κ3) is 2.18. The molecule has 0 spiro atoms. The lowest BCUT2D eigenvalue weighted by Gasteiger charge is -2.14. The van der Waals surface area contributed by atoms with Crippen molar-refractivity contribution < 1.29 is 5.11 Å². The summed E-state index contributed by atoms with van der Waals surface area (Å²) in [6.07, 6.45) is -0.736. The van der Waals surface area contributed by atoms with Gasteiger partial charge in [0.25, 0.3) is 0 Å². The second-order valence-corrected chi connectivity index (χ2v) is 4.02. The first-order chi connectivity index (χ1) is 7.68. The Morgan fingerprint density at radius 3 is 2.44 bits per heavy atom. The van der Waals surface area contributed by atoms with Gasteiger partial charge in [-0.15, -0.1) is 0 Å². The zero-order chi connectivity index (χ0) is 11.5. The number of nitrogen functional groups attached to an aromatic ring is 1. The van der Waals surface area contributed by atoms with Crippen LogP contribution in [0.15, 0.2) is 48.5 Å². The summed E-state index contributed by atoms with van der Waals surface area (Å²) in [5.74, 6) is 0. The van der Waals surface area contributed by atoms with Gasteiger partial charge in [0.1, 0.15) is 6.10 Å². The van der Waals surface area contributed by atoms with Crippen LogP contribution in [0.25, 0.3) is 0 Å². The van der Waals surface area contributed by atoms with E-state index in [0.717, 1.165) is 5.56 Å². The summed E-state index contributed by atoms with van der Waals surface area (Å²) >= 11 is 5.88. The molecule has 0 unspecified atom stereocenters. The lowest BCUT2D eigenvalue weighted by atomic mass is 10.0. The van der Waals surface area contributed by atoms with E-state index >= 15 is 0 Å². The molecule has 0 heterocycles. The smallest absolute Gasteiger partial charge is 0.106 e. The largest absolute Gasteiger partial charge is 0.398 e. The average Bonchev–Trinajstić information content (AvgIpc) is 2.32. The molecule has 16 heavy (non-hydrogen) atoms. The molecule has 0 aliphatic carbocycles. The molecule has 0 fully saturated rings. The monoisotopic (exact) mass is 233 g/mol. The van der Waals surface area contributed by atoms with E-state index < -0.39 is 6.10 Å². The van der Waals surface area contributed by atoms with E-state index in [9.17, 15) is 5.11 Å². The maximum atomic E-state index is 10.2. The van der Waals surface area contributed by atoms with Gasteiger partial charge < -0.3 is 10.8 Å². The second kappa shape index (κ2) is 4.56. The molecule has 2 rings (SSSR count). The lowest BCUT2D eigenvalue weighted by Crippen LogP contribution is -2.03. The number of halogens is 1. The number of aliphatic hydroxyl groups is 1. The SMILES string of the molecule is Nc1ccc(Cl)cc1[C@H](O)c1ccccc1. The zero-order valence-electron chi connectivity index (χ0n) is 8.60. The van der Waals surface area contributed by atoms with Gasteiger partial charge in [0.15, 0.2) is 0 Å². The Kier molecular flexibility index (Phi) is 3.13. The molecule has 0 amide bonds. The summed E-state index contributed by atoms with van der Waals surface area (Å²) in [6, 6.07) is 14.4. The van der Waals surface area contributed by atoms with Crippen LogP contribution in [0.5, 0.6) is 0 Å². The summed E-state index contributed by atoms with van der Waals surface area (Å²) in [4.78, 5) is 0. The molecule has 0 saturated carbocycles. The first-order valence-electron chi connectivity index (χ1n) is 4.96. The Hall–Kier alpha value is -1.51. The molecule has 0 bridgehead atoms. The molecule has 82 valence electrons. The van der Waals surface area contributed by atoms with E-state index in [0.29, 0.717) is 16.3 Å². The van der Waals surface area contributed by atoms with Crippen molar-refractivity contribution >= 4 is 17.3 Å². The highest BCUT2D eigenvalue weighted by molar-refractivity contribution is 6.30. The second-order valence-electron chi connectivity index (χ2n) is 3.59. The fourth-order valence-corrected chi connectivity index (χ4v) is 1.78. The first kappa shape index (κ1) is 11.0. The summed E-state index contributed by atoms with van der Waals surface area (Å²) in [7, 11) is 0. The minimum absolute atomic E-state index is 0.542. The number of benzene rings is 2. The van der Waals surface area contributed by atoms with Crippen LogP contribution >= 0.6 is 11.6 Å². The molecule has 2 nitrogen and oxygen atoms in total. The van der Waals surface area contributed by atoms with Crippen molar-refractivity contribution in [2.24, 2.45) is 0 Å². The summed E-state index contributed by atoms with van der Waals surface area (Å²) in [5, 5.41) is 10.7. The number of anilines is 1. The zero-order valence-corrected chi connectivity index (χ0v) is 9.35. The maximum Gasteiger partial charge on any atom is 0.106 e.